The molecule has 0 aromatic rings. The normalized spacial score (nSPS) is 14.7. The zero-order chi connectivity index (χ0) is 17.3. The van der Waals surface area contributed by atoms with Crippen LogP contribution in [0.25, 0.3) is 0 Å². The summed E-state index contributed by atoms with van der Waals surface area (Å²) in [5, 5.41) is 18.8. The number of rotatable bonds is 11. The van der Waals surface area contributed by atoms with Crippen molar-refractivity contribution >= 4 is 24.0 Å². The smallest absolute Gasteiger partial charge is 0.333 e. The first-order valence-electron chi connectivity index (χ1n) is 7.43. The van der Waals surface area contributed by atoms with E-state index < -0.39 is 28.7 Å². The summed E-state index contributed by atoms with van der Waals surface area (Å²) >= 11 is 0. The van der Waals surface area contributed by atoms with E-state index in [2.05, 4.69) is 0 Å². The first-order valence-corrected chi connectivity index (χ1v) is 7.43. The molecule has 22 heavy (non-hydrogen) atoms. The molecule has 0 heterocycles. The third kappa shape index (κ3) is 4.51. The maximum Gasteiger partial charge on any atom is 0.333 e. The molecule has 0 amide bonds. The zero-order valence-electron chi connectivity index (χ0n) is 13.3. The number of ketones is 1. The molecule has 6 nitrogen and oxygen atoms in total. The van der Waals surface area contributed by atoms with Gasteiger partial charge in [-0.05, 0) is 19.8 Å². The Balaban J connectivity index is 6.27. The predicted molar refractivity (Wildman–Crippen MR) is 80.5 cm³/mol. The molecule has 0 saturated heterocycles. The van der Waals surface area contributed by atoms with E-state index in [1.807, 2.05) is 6.92 Å². The third-order valence-corrected chi connectivity index (χ3v) is 3.92. The Kier molecular flexibility index (Phi) is 8.30. The number of carboxylic acid groups (broad SMARTS) is 2. The lowest BCUT2D eigenvalue weighted by atomic mass is 9.68. The molecule has 0 aromatic carbocycles. The summed E-state index contributed by atoms with van der Waals surface area (Å²) in [6.45, 7) is 4.69. The Morgan fingerprint density at radius 2 is 1.64 bits per heavy atom. The van der Waals surface area contributed by atoms with E-state index in [-0.39, 0.29) is 24.8 Å². The lowest BCUT2D eigenvalue weighted by Gasteiger charge is -2.31. The first-order chi connectivity index (χ1) is 10.3. The number of hydrogen-bond donors (Lipinski definition) is 2. The molecule has 0 aromatic heterocycles. The summed E-state index contributed by atoms with van der Waals surface area (Å²) in [5.74, 6) is -3.31. The number of aliphatic carboxylic acids is 2. The fourth-order valence-corrected chi connectivity index (χ4v) is 2.70. The van der Waals surface area contributed by atoms with Gasteiger partial charge in [-0.15, -0.1) is 0 Å². The number of unbranched alkanes of at least 4 members (excludes halogenated alkanes) is 2. The molecule has 0 rings (SSSR count). The largest absolute Gasteiger partial charge is 0.478 e. The van der Waals surface area contributed by atoms with Crippen LogP contribution in [0, 0.1) is 5.41 Å². The Labute approximate surface area is 130 Å². The summed E-state index contributed by atoms with van der Waals surface area (Å²) in [4.78, 5) is 46.3. The minimum Gasteiger partial charge on any atom is -0.478 e. The van der Waals surface area contributed by atoms with Gasteiger partial charge in [0.15, 0.2) is 0 Å². The molecule has 1 atom stereocenters. The number of aldehydes is 1. The molecular weight excluding hydrogens is 288 g/mol. The van der Waals surface area contributed by atoms with Gasteiger partial charge in [0.05, 0.1) is 11.0 Å². The molecule has 0 fully saturated rings. The minimum atomic E-state index is -1.56. The van der Waals surface area contributed by atoms with Crippen LogP contribution in [0.1, 0.15) is 59.3 Å². The highest BCUT2D eigenvalue weighted by Crippen LogP contribution is 2.40. The molecule has 2 N–H and O–H groups in total. The van der Waals surface area contributed by atoms with Crippen LogP contribution in [0.2, 0.25) is 0 Å². The van der Waals surface area contributed by atoms with Gasteiger partial charge >= 0.3 is 11.9 Å². The summed E-state index contributed by atoms with van der Waals surface area (Å²) in [6, 6.07) is 0. The second-order valence-electron chi connectivity index (χ2n) is 5.28. The van der Waals surface area contributed by atoms with E-state index in [9.17, 15) is 29.4 Å². The Bertz CT molecular complexity index is 477. The molecule has 1 unspecified atom stereocenters. The topological polar surface area (TPSA) is 109 Å². The standard InChI is InChI=1S/C16H24O6/c1-4-6-7-8-16(9-10-17,11(3)18)13(15(21)22)12(5-2)14(19)20/h10H,4-9H2,1-3H3,(H,19,20)(H,21,22). The van der Waals surface area contributed by atoms with Crippen LogP contribution in [0.4, 0.5) is 0 Å². The van der Waals surface area contributed by atoms with Crippen LogP contribution < -0.4 is 0 Å². The molecule has 0 aliphatic rings. The van der Waals surface area contributed by atoms with Crippen LogP contribution in [0.15, 0.2) is 11.1 Å². The fourth-order valence-electron chi connectivity index (χ4n) is 2.70. The predicted octanol–water partition coefficient (Wildman–Crippen LogP) is 2.61. The molecule has 0 aliphatic heterocycles. The van der Waals surface area contributed by atoms with Gasteiger partial charge < -0.3 is 15.0 Å². The molecule has 6 heteroatoms. The summed E-state index contributed by atoms with van der Waals surface area (Å²) < 4.78 is 0. The lowest BCUT2D eigenvalue weighted by Crippen LogP contribution is -2.37. The van der Waals surface area contributed by atoms with Crippen molar-refractivity contribution < 1.29 is 29.4 Å². The van der Waals surface area contributed by atoms with Crippen molar-refractivity contribution in [2.45, 2.75) is 59.3 Å². The minimum absolute atomic E-state index is 0.0291. The van der Waals surface area contributed by atoms with E-state index >= 15 is 0 Å². The first kappa shape index (κ1) is 20.0. The monoisotopic (exact) mass is 312 g/mol. The van der Waals surface area contributed by atoms with E-state index in [1.54, 1.807) is 0 Å². The molecule has 0 bridgehead atoms. The van der Waals surface area contributed by atoms with Crippen LogP contribution in [-0.2, 0) is 19.2 Å². The third-order valence-electron chi connectivity index (χ3n) is 3.92. The summed E-state index contributed by atoms with van der Waals surface area (Å²) in [5.41, 5.74) is -2.33. The van der Waals surface area contributed by atoms with Crippen molar-refractivity contribution in [2.24, 2.45) is 5.41 Å². The van der Waals surface area contributed by atoms with Gasteiger partial charge in [0.2, 0.25) is 0 Å². The van der Waals surface area contributed by atoms with Crippen molar-refractivity contribution in [1.29, 1.82) is 0 Å². The van der Waals surface area contributed by atoms with Gasteiger partial charge in [0.1, 0.15) is 12.1 Å². The molecule has 0 radical (unpaired) electrons. The maximum absolute atomic E-state index is 12.2. The van der Waals surface area contributed by atoms with Crippen molar-refractivity contribution in [1.82, 2.24) is 0 Å². The number of carboxylic acids is 2. The Morgan fingerprint density at radius 3 is 1.95 bits per heavy atom. The Morgan fingerprint density at radius 1 is 1.05 bits per heavy atom. The van der Waals surface area contributed by atoms with Gasteiger partial charge in [0, 0.05) is 12.0 Å². The van der Waals surface area contributed by atoms with Crippen LogP contribution in [0.5, 0.6) is 0 Å². The maximum atomic E-state index is 12.2. The van der Waals surface area contributed by atoms with Gasteiger partial charge in [-0.25, -0.2) is 9.59 Å². The summed E-state index contributed by atoms with van der Waals surface area (Å²) in [7, 11) is 0. The van der Waals surface area contributed by atoms with Crippen molar-refractivity contribution in [3.63, 3.8) is 0 Å². The van der Waals surface area contributed by atoms with Crippen LogP contribution in [-0.4, -0.2) is 34.2 Å². The van der Waals surface area contributed by atoms with E-state index in [0.717, 1.165) is 12.8 Å². The van der Waals surface area contributed by atoms with Gasteiger partial charge in [-0.1, -0.05) is 33.1 Å². The molecular formula is C16H24O6. The SMILES string of the molecule is CCCCCC(CC=O)(C(C)=O)C(C(=O)O)=C(CC)C(=O)O. The second kappa shape index (κ2) is 9.12. The van der Waals surface area contributed by atoms with Crippen LogP contribution in [0.3, 0.4) is 0 Å². The van der Waals surface area contributed by atoms with Gasteiger partial charge in [-0.3, -0.25) is 4.79 Å². The van der Waals surface area contributed by atoms with Crippen molar-refractivity contribution in [3.8, 4) is 0 Å². The Hall–Kier alpha value is -1.98. The van der Waals surface area contributed by atoms with E-state index in [0.29, 0.717) is 12.7 Å². The lowest BCUT2D eigenvalue weighted by molar-refractivity contribution is -0.140. The van der Waals surface area contributed by atoms with Crippen molar-refractivity contribution in [3.05, 3.63) is 11.1 Å². The molecule has 0 aliphatic carbocycles. The highest BCUT2D eigenvalue weighted by molar-refractivity contribution is 6.06. The second-order valence-corrected chi connectivity index (χ2v) is 5.28. The molecule has 0 saturated carbocycles. The van der Waals surface area contributed by atoms with Gasteiger partial charge in [-0.2, -0.15) is 0 Å². The number of carbonyl (C=O) groups excluding carboxylic acids is 2. The number of Topliss-reactive ketones (excluding diaryl/α,β-unsaturated/α-hetero) is 1. The highest BCUT2D eigenvalue weighted by atomic mass is 16.4. The molecule has 0 spiro atoms. The van der Waals surface area contributed by atoms with Crippen LogP contribution >= 0.6 is 0 Å². The zero-order valence-corrected chi connectivity index (χ0v) is 13.3. The highest BCUT2D eigenvalue weighted by Gasteiger charge is 2.44. The number of hydrogen-bond acceptors (Lipinski definition) is 4. The summed E-state index contributed by atoms with van der Waals surface area (Å²) in [6.07, 6.45) is 2.50. The van der Waals surface area contributed by atoms with E-state index in [1.165, 1.54) is 13.8 Å². The molecule has 124 valence electrons. The average Bonchev–Trinajstić information content (AvgIpc) is 2.42. The fraction of sp³-hybridized carbons (Fsp3) is 0.625. The number of carbonyl (C=O) groups is 4. The van der Waals surface area contributed by atoms with Crippen molar-refractivity contribution in [2.75, 3.05) is 0 Å². The van der Waals surface area contributed by atoms with E-state index in [4.69, 9.17) is 0 Å². The quantitative estimate of drug-likeness (QED) is 0.345. The van der Waals surface area contributed by atoms with Gasteiger partial charge in [0.25, 0.3) is 0 Å². The average molecular weight is 312 g/mol.